The Balaban J connectivity index is 2.25. The summed E-state index contributed by atoms with van der Waals surface area (Å²) in [6.45, 7) is 0. The third kappa shape index (κ3) is 2.85. The molecule has 6 heteroatoms. The van der Waals surface area contributed by atoms with Gasteiger partial charge in [-0.25, -0.2) is 13.2 Å². The van der Waals surface area contributed by atoms with Gasteiger partial charge in [0, 0.05) is 17.3 Å². The van der Waals surface area contributed by atoms with Gasteiger partial charge in [0.2, 0.25) is 0 Å². The van der Waals surface area contributed by atoms with Gasteiger partial charge in [0.15, 0.2) is 17.5 Å². The fraction of sp³-hybridized carbons (Fsp3) is 0. The molecule has 1 amide bonds. The fourth-order valence-electron chi connectivity index (χ4n) is 1.47. The monoisotopic (exact) mass is 267 g/mol. The average Bonchev–Trinajstić information content (AvgIpc) is 2.35. The van der Waals surface area contributed by atoms with E-state index in [0.29, 0.717) is 12.1 Å². The van der Waals surface area contributed by atoms with Crippen LogP contribution in [0.1, 0.15) is 10.4 Å². The van der Waals surface area contributed by atoms with Crippen molar-refractivity contribution in [1.82, 2.24) is 0 Å². The van der Waals surface area contributed by atoms with E-state index in [9.17, 15) is 23.1 Å². The van der Waals surface area contributed by atoms with Crippen molar-refractivity contribution in [2.45, 2.75) is 0 Å². The number of phenolic OH excluding ortho intramolecular Hbond substituents is 1. The van der Waals surface area contributed by atoms with E-state index in [4.69, 9.17) is 0 Å². The van der Waals surface area contributed by atoms with Crippen LogP contribution in [0.2, 0.25) is 0 Å². The SMILES string of the molecule is O=C(Nc1cccc(O)c1)c1cc(F)c(F)c(F)c1. The Bertz CT molecular complexity index is 621. The van der Waals surface area contributed by atoms with Gasteiger partial charge in [-0.1, -0.05) is 6.07 Å². The minimum Gasteiger partial charge on any atom is -0.508 e. The maximum absolute atomic E-state index is 13.0. The minimum absolute atomic E-state index is 0.0748. The van der Waals surface area contributed by atoms with Crippen LogP contribution < -0.4 is 5.32 Å². The number of hydrogen-bond donors (Lipinski definition) is 2. The summed E-state index contributed by atoms with van der Waals surface area (Å²) in [7, 11) is 0. The molecule has 3 nitrogen and oxygen atoms in total. The lowest BCUT2D eigenvalue weighted by Crippen LogP contribution is -2.13. The number of nitrogens with one attached hydrogen (secondary N) is 1. The molecule has 2 rings (SSSR count). The second kappa shape index (κ2) is 5.01. The number of carbonyl (C=O) groups excluding carboxylic acids is 1. The molecule has 0 spiro atoms. The first-order valence-electron chi connectivity index (χ1n) is 5.22. The molecule has 98 valence electrons. The van der Waals surface area contributed by atoms with Gasteiger partial charge in [-0.3, -0.25) is 4.79 Å². The molecule has 0 aliphatic carbocycles. The van der Waals surface area contributed by atoms with Crippen LogP contribution in [-0.4, -0.2) is 11.0 Å². The molecule has 2 N–H and O–H groups in total. The second-order valence-corrected chi connectivity index (χ2v) is 3.76. The van der Waals surface area contributed by atoms with Crippen molar-refractivity contribution in [3.63, 3.8) is 0 Å². The first-order chi connectivity index (χ1) is 8.97. The Morgan fingerprint density at radius 3 is 2.26 bits per heavy atom. The zero-order valence-electron chi connectivity index (χ0n) is 9.45. The molecule has 0 heterocycles. The van der Waals surface area contributed by atoms with Gasteiger partial charge in [0.25, 0.3) is 5.91 Å². The van der Waals surface area contributed by atoms with Crippen LogP contribution in [0.5, 0.6) is 5.75 Å². The standard InChI is InChI=1S/C13H8F3NO2/c14-10-4-7(5-11(15)12(10)16)13(19)17-8-2-1-3-9(18)6-8/h1-6,18H,(H,17,19). The van der Waals surface area contributed by atoms with Crippen molar-refractivity contribution in [3.8, 4) is 5.75 Å². The lowest BCUT2D eigenvalue weighted by atomic mass is 10.2. The molecule has 19 heavy (non-hydrogen) atoms. The zero-order valence-corrected chi connectivity index (χ0v) is 9.45. The first kappa shape index (κ1) is 12.9. The molecule has 0 atom stereocenters. The number of phenols is 1. The number of amides is 1. The van der Waals surface area contributed by atoms with Crippen molar-refractivity contribution in [2.75, 3.05) is 5.32 Å². The van der Waals surface area contributed by atoms with Gasteiger partial charge in [-0.05, 0) is 24.3 Å². The lowest BCUT2D eigenvalue weighted by molar-refractivity contribution is 0.102. The second-order valence-electron chi connectivity index (χ2n) is 3.76. The maximum atomic E-state index is 13.0. The van der Waals surface area contributed by atoms with Gasteiger partial charge in [0.1, 0.15) is 5.75 Å². The maximum Gasteiger partial charge on any atom is 0.255 e. The molecule has 0 saturated heterocycles. The average molecular weight is 267 g/mol. The van der Waals surface area contributed by atoms with Gasteiger partial charge in [-0.15, -0.1) is 0 Å². The number of hydrogen-bond acceptors (Lipinski definition) is 2. The van der Waals surface area contributed by atoms with E-state index in [1.807, 2.05) is 0 Å². The van der Waals surface area contributed by atoms with Crippen LogP contribution in [0.25, 0.3) is 0 Å². The van der Waals surface area contributed by atoms with Crippen LogP contribution >= 0.6 is 0 Å². The van der Waals surface area contributed by atoms with Crippen LogP contribution in [0.4, 0.5) is 18.9 Å². The molecule has 0 aromatic heterocycles. The molecule has 0 radical (unpaired) electrons. The van der Waals surface area contributed by atoms with Crippen molar-refractivity contribution >= 4 is 11.6 Å². The molecule has 2 aromatic rings. The molecule has 0 unspecified atom stereocenters. The van der Waals surface area contributed by atoms with Gasteiger partial charge in [0.05, 0.1) is 0 Å². The van der Waals surface area contributed by atoms with Crippen LogP contribution in [0, 0.1) is 17.5 Å². The number of benzene rings is 2. The summed E-state index contributed by atoms with van der Waals surface area (Å²) < 4.78 is 38.7. The highest BCUT2D eigenvalue weighted by Crippen LogP contribution is 2.18. The zero-order chi connectivity index (χ0) is 14.0. The topological polar surface area (TPSA) is 49.3 Å². The fourth-order valence-corrected chi connectivity index (χ4v) is 1.47. The third-order valence-electron chi connectivity index (χ3n) is 2.35. The normalized spacial score (nSPS) is 10.3. The Morgan fingerprint density at radius 2 is 1.68 bits per heavy atom. The van der Waals surface area contributed by atoms with E-state index in [1.54, 1.807) is 0 Å². The van der Waals surface area contributed by atoms with E-state index >= 15 is 0 Å². The van der Waals surface area contributed by atoms with Crippen molar-refractivity contribution in [2.24, 2.45) is 0 Å². The summed E-state index contributed by atoms with van der Waals surface area (Å²) >= 11 is 0. The van der Waals surface area contributed by atoms with E-state index in [1.165, 1.54) is 24.3 Å². The van der Waals surface area contributed by atoms with Gasteiger partial charge < -0.3 is 10.4 Å². The summed E-state index contributed by atoms with van der Waals surface area (Å²) in [5.74, 6) is -5.41. The van der Waals surface area contributed by atoms with Crippen LogP contribution in [0.3, 0.4) is 0 Å². The highest BCUT2D eigenvalue weighted by Gasteiger charge is 2.15. The molecule has 0 bridgehead atoms. The lowest BCUT2D eigenvalue weighted by Gasteiger charge is -2.06. The number of rotatable bonds is 2. The van der Waals surface area contributed by atoms with Crippen molar-refractivity contribution in [1.29, 1.82) is 0 Å². The Labute approximate surface area is 106 Å². The van der Waals surface area contributed by atoms with E-state index in [2.05, 4.69) is 5.32 Å². The smallest absolute Gasteiger partial charge is 0.255 e. The summed E-state index contributed by atoms with van der Waals surface area (Å²) in [6, 6.07) is 6.80. The summed E-state index contributed by atoms with van der Waals surface area (Å²) in [5, 5.41) is 11.5. The highest BCUT2D eigenvalue weighted by molar-refractivity contribution is 6.04. The van der Waals surface area contributed by atoms with E-state index in [0.717, 1.165) is 0 Å². The Kier molecular flexibility index (Phi) is 3.41. The van der Waals surface area contributed by atoms with Crippen LogP contribution in [0.15, 0.2) is 36.4 Å². The largest absolute Gasteiger partial charge is 0.508 e. The van der Waals surface area contributed by atoms with E-state index in [-0.39, 0.29) is 17.0 Å². The first-order valence-corrected chi connectivity index (χ1v) is 5.22. The predicted octanol–water partition coefficient (Wildman–Crippen LogP) is 3.06. The van der Waals surface area contributed by atoms with E-state index < -0.39 is 23.4 Å². The van der Waals surface area contributed by atoms with Gasteiger partial charge >= 0.3 is 0 Å². The molecule has 2 aromatic carbocycles. The van der Waals surface area contributed by atoms with Gasteiger partial charge in [-0.2, -0.15) is 0 Å². The predicted molar refractivity (Wildman–Crippen MR) is 62.4 cm³/mol. The Hall–Kier alpha value is -2.50. The molecule has 0 aliphatic rings. The molecule has 0 saturated carbocycles. The number of halogens is 3. The molecule has 0 aliphatic heterocycles. The number of anilines is 1. The number of carbonyl (C=O) groups is 1. The summed E-state index contributed by atoms with van der Waals surface area (Å²) in [4.78, 5) is 11.7. The molecular formula is C13H8F3NO2. The summed E-state index contributed by atoms with van der Waals surface area (Å²) in [6.07, 6.45) is 0. The summed E-state index contributed by atoms with van der Waals surface area (Å²) in [5.41, 5.74) is -0.116. The Morgan fingerprint density at radius 1 is 1.05 bits per heavy atom. The third-order valence-corrected chi connectivity index (χ3v) is 2.35. The number of aromatic hydroxyl groups is 1. The molecular weight excluding hydrogens is 259 g/mol. The minimum atomic E-state index is -1.63. The van der Waals surface area contributed by atoms with Crippen molar-refractivity contribution < 1.29 is 23.1 Å². The quantitative estimate of drug-likeness (QED) is 0.821. The highest BCUT2D eigenvalue weighted by atomic mass is 19.2. The van der Waals surface area contributed by atoms with Crippen molar-refractivity contribution in [3.05, 3.63) is 59.4 Å². The molecule has 0 fully saturated rings. The van der Waals surface area contributed by atoms with Crippen LogP contribution in [-0.2, 0) is 0 Å².